The molecule has 0 saturated heterocycles. The van der Waals surface area contributed by atoms with Crippen molar-refractivity contribution in [2.75, 3.05) is 19.1 Å². The topological polar surface area (TPSA) is 52.9 Å². The zero-order valence-corrected chi connectivity index (χ0v) is 11.9. The number of anilines is 1. The van der Waals surface area contributed by atoms with Gasteiger partial charge in [-0.1, -0.05) is 0 Å². The molecular formula is C16H19NO3. The first-order valence-electron chi connectivity index (χ1n) is 6.41. The normalized spacial score (nSPS) is 11.9. The van der Waals surface area contributed by atoms with Gasteiger partial charge in [-0.3, -0.25) is 0 Å². The SMILES string of the molecule is COc1ccc(N(C)C(C)c2cc(O)cc(O)c2)cc1. The molecule has 2 rings (SSSR count). The summed E-state index contributed by atoms with van der Waals surface area (Å²) in [6, 6.07) is 12.4. The molecule has 0 aromatic heterocycles. The van der Waals surface area contributed by atoms with Crippen molar-refractivity contribution in [3.63, 3.8) is 0 Å². The first-order valence-corrected chi connectivity index (χ1v) is 6.41. The number of hydrogen-bond donors (Lipinski definition) is 2. The zero-order valence-electron chi connectivity index (χ0n) is 11.9. The summed E-state index contributed by atoms with van der Waals surface area (Å²) in [5.74, 6) is 0.940. The second-order valence-corrected chi connectivity index (χ2v) is 4.77. The van der Waals surface area contributed by atoms with Crippen LogP contribution in [0.25, 0.3) is 0 Å². The molecule has 2 aromatic rings. The van der Waals surface area contributed by atoms with Gasteiger partial charge in [0.25, 0.3) is 0 Å². The summed E-state index contributed by atoms with van der Waals surface area (Å²) in [6.07, 6.45) is 0. The van der Waals surface area contributed by atoms with E-state index in [2.05, 4.69) is 4.90 Å². The van der Waals surface area contributed by atoms with Gasteiger partial charge in [-0.05, 0) is 48.9 Å². The van der Waals surface area contributed by atoms with Crippen LogP contribution in [0.4, 0.5) is 5.69 Å². The van der Waals surface area contributed by atoms with E-state index in [0.29, 0.717) is 0 Å². The number of nitrogens with zero attached hydrogens (tertiary/aromatic N) is 1. The van der Waals surface area contributed by atoms with Crippen molar-refractivity contribution in [3.8, 4) is 17.2 Å². The highest BCUT2D eigenvalue weighted by Gasteiger charge is 2.14. The molecule has 0 fully saturated rings. The fourth-order valence-electron chi connectivity index (χ4n) is 2.12. The monoisotopic (exact) mass is 273 g/mol. The van der Waals surface area contributed by atoms with Gasteiger partial charge >= 0.3 is 0 Å². The van der Waals surface area contributed by atoms with Crippen molar-refractivity contribution in [3.05, 3.63) is 48.0 Å². The van der Waals surface area contributed by atoms with Crippen LogP contribution in [0.15, 0.2) is 42.5 Å². The van der Waals surface area contributed by atoms with Crippen LogP contribution in [0.2, 0.25) is 0 Å². The summed E-state index contributed by atoms with van der Waals surface area (Å²) in [4.78, 5) is 2.06. The zero-order chi connectivity index (χ0) is 14.7. The van der Waals surface area contributed by atoms with E-state index in [0.717, 1.165) is 17.0 Å². The minimum atomic E-state index is 0.0152. The largest absolute Gasteiger partial charge is 0.508 e. The Bertz CT molecular complexity index is 561. The van der Waals surface area contributed by atoms with E-state index < -0.39 is 0 Å². The number of rotatable bonds is 4. The Labute approximate surface area is 118 Å². The number of benzene rings is 2. The lowest BCUT2D eigenvalue weighted by atomic mass is 10.1. The fraction of sp³-hybridized carbons (Fsp3) is 0.250. The van der Waals surface area contributed by atoms with Crippen molar-refractivity contribution >= 4 is 5.69 Å². The Kier molecular flexibility index (Phi) is 4.03. The fourth-order valence-corrected chi connectivity index (χ4v) is 2.12. The quantitative estimate of drug-likeness (QED) is 0.897. The maximum atomic E-state index is 9.57. The average Bonchev–Trinajstić information content (AvgIpc) is 2.45. The second kappa shape index (κ2) is 5.74. The molecule has 0 radical (unpaired) electrons. The molecule has 0 saturated carbocycles. The summed E-state index contributed by atoms with van der Waals surface area (Å²) < 4.78 is 5.14. The summed E-state index contributed by atoms with van der Waals surface area (Å²) in [7, 11) is 3.60. The molecule has 1 unspecified atom stereocenters. The maximum Gasteiger partial charge on any atom is 0.119 e. The Balaban J connectivity index is 2.24. The second-order valence-electron chi connectivity index (χ2n) is 4.77. The van der Waals surface area contributed by atoms with Crippen molar-refractivity contribution in [1.29, 1.82) is 0 Å². The molecule has 4 heteroatoms. The van der Waals surface area contributed by atoms with Crippen LogP contribution < -0.4 is 9.64 Å². The van der Waals surface area contributed by atoms with Crippen LogP contribution in [0.5, 0.6) is 17.2 Å². The highest BCUT2D eigenvalue weighted by atomic mass is 16.5. The first-order chi connectivity index (χ1) is 9.51. The minimum Gasteiger partial charge on any atom is -0.508 e. The van der Waals surface area contributed by atoms with E-state index in [4.69, 9.17) is 4.74 Å². The molecular weight excluding hydrogens is 254 g/mol. The molecule has 0 aliphatic carbocycles. The number of hydrogen-bond acceptors (Lipinski definition) is 4. The highest BCUT2D eigenvalue weighted by Crippen LogP contribution is 2.30. The Morgan fingerprint density at radius 2 is 1.55 bits per heavy atom. The predicted molar refractivity (Wildman–Crippen MR) is 79.6 cm³/mol. The molecule has 4 nitrogen and oxygen atoms in total. The third kappa shape index (κ3) is 2.96. The van der Waals surface area contributed by atoms with E-state index >= 15 is 0 Å². The molecule has 0 amide bonds. The van der Waals surface area contributed by atoms with Crippen LogP contribution in [0.1, 0.15) is 18.5 Å². The van der Waals surface area contributed by atoms with Gasteiger partial charge in [0.2, 0.25) is 0 Å². The van der Waals surface area contributed by atoms with E-state index in [-0.39, 0.29) is 17.5 Å². The lowest BCUT2D eigenvalue weighted by Gasteiger charge is -2.27. The smallest absolute Gasteiger partial charge is 0.119 e. The van der Waals surface area contributed by atoms with Crippen LogP contribution in [-0.2, 0) is 0 Å². The van der Waals surface area contributed by atoms with Crippen molar-refractivity contribution < 1.29 is 14.9 Å². The van der Waals surface area contributed by atoms with Crippen LogP contribution in [0.3, 0.4) is 0 Å². The van der Waals surface area contributed by atoms with Gasteiger partial charge in [0, 0.05) is 18.8 Å². The van der Waals surface area contributed by atoms with Crippen molar-refractivity contribution in [1.82, 2.24) is 0 Å². The van der Waals surface area contributed by atoms with E-state index in [9.17, 15) is 10.2 Å². The number of phenols is 2. The standard InChI is InChI=1S/C16H19NO3/c1-11(12-8-14(18)10-15(19)9-12)17(2)13-4-6-16(20-3)7-5-13/h4-11,18-19H,1-3H3. The van der Waals surface area contributed by atoms with Gasteiger partial charge in [0.05, 0.1) is 13.2 Å². The Morgan fingerprint density at radius 3 is 2.05 bits per heavy atom. The Hall–Kier alpha value is -2.36. The number of phenolic OH excluding ortho intramolecular Hbond substituents is 2. The first kappa shape index (κ1) is 14.1. The minimum absolute atomic E-state index is 0.0152. The molecule has 0 heterocycles. The van der Waals surface area contributed by atoms with Crippen LogP contribution >= 0.6 is 0 Å². The molecule has 1 atom stereocenters. The van der Waals surface area contributed by atoms with Crippen molar-refractivity contribution in [2.24, 2.45) is 0 Å². The van der Waals surface area contributed by atoms with E-state index in [1.807, 2.05) is 38.2 Å². The van der Waals surface area contributed by atoms with Gasteiger partial charge in [-0.2, -0.15) is 0 Å². The van der Waals surface area contributed by atoms with E-state index in [1.54, 1.807) is 19.2 Å². The molecule has 0 bridgehead atoms. The number of ether oxygens (including phenoxy) is 1. The molecule has 20 heavy (non-hydrogen) atoms. The number of methoxy groups -OCH3 is 1. The highest BCUT2D eigenvalue weighted by molar-refractivity contribution is 5.51. The molecule has 0 aliphatic heterocycles. The van der Waals surface area contributed by atoms with Crippen LogP contribution in [0, 0.1) is 0 Å². The van der Waals surface area contributed by atoms with Gasteiger partial charge in [-0.15, -0.1) is 0 Å². The van der Waals surface area contributed by atoms with Crippen LogP contribution in [-0.4, -0.2) is 24.4 Å². The molecule has 0 spiro atoms. The van der Waals surface area contributed by atoms with Gasteiger partial charge in [-0.25, -0.2) is 0 Å². The van der Waals surface area contributed by atoms with Crippen molar-refractivity contribution in [2.45, 2.75) is 13.0 Å². The summed E-state index contributed by atoms with van der Waals surface area (Å²) in [5, 5.41) is 19.1. The lowest BCUT2D eigenvalue weighted by Crippen LogP contribution is -2.21. The lowest BCUT2D eigenvalue weighted by molar-refractivity contribution is 0.415. The molecule has 106 valence electrons. The van der Waals surface area contributed by atoms with Gasteiger partial charge in [0.1, 0.15) is 17.2 Å². The summed E-state index contributed by atoms with van der Waals surface area (Å²) in [5.41, 5.74) is 1.88. The third-order valence-electron chi connectivity index (χ3n) is 3.47. The predicted octanol–water partition coefficient (Wildman–Crippen LogP) is 3.30. The third-order valence-corrected chi connectivity index (χ3v) is 3.47. The molecule has 0 aliphatic rings. The van der Waals surface area contributed by atoms with E-state index in [1.165, 1.54) is 6.07 Å². The Morgan fingerprint density at radius 1 is 1.00 bits per heavy atom. The summed E-state index contributed by atoms with van der Waals surface area (Å²) >= 11 is 0. The summed E-state index contributed by atoms with van der Waals surface area (Å²) in [6.45, 7) is 2.01. The average molecular weight is 273 g/mol. The molecule has 2 N–H and O–H groups in total. The number of aromatic hydroxyl groups is 2. The molecule has 2 aromatic carbocycles. The van der Waals surface area contributed by atoms with Gasteiger partial charge in [0.15, 0.2) is 0 Å². The van der Waals surface area contributed by atoms with Gasteiger partial charge < -0.3 is 19.8 Å². The maximum absolute atomic E-state index is 9.57.